The largest absolute Gasteiger partial charge is 0.493 e. The fraction of sp³-hybridized carbons (Fsp3) is 0.320. The number of hydrogen-bond donors (Lipinski definition) is 0. The highest BCUT2D eigenvalue weighted by molar-refractivity contribution is 5.98. The standard InChI is InChI=1S/C25H26O9/c1-6-31-25(28)24-22(15-7-10-18(29-4)20(11-15)30-5)23(27)17-9-8-16(12-19(17)34-24)32-13-21(26)33-14(2)3/h7-12,14H,6,13H2,1-5H3. The summed E-state index contributed by atoms with van der Waals surface area (Å²) in [6.07, 6.45) is -0.270. The minimum absolute atomic E-state index is 0.0288. The molecular weight excluding hydrogens is 444 g/mol. The highest BCUT2D eigenvalue weighted by atomic mass is 16.6. The van der Waals surface area contributed by atoms with Crippen LogP contribution in [0.4, 0.5) is 0 Å². The number of hydrogen-bond acceptors (Lipinski definition) is 9. The molecule has 180 valence electrons. The first-order valence-electron chi connectivity index (χ1n) is 10.6. The van der Waals surface area contributed by atoms with E-state index in [1.807, 2.05) is 0 Å². The number of benzene rings is 2. The molecule has 0 spiro atoms. The molecule has 9 heteroatoms. The number of fused-ring (bicyclic) bond motifs is 1. The fourth-order valence-electron chi connectivity index (χ4n) is 3.30. The first-order chi connectivity index (χ1) is 16.3. The average molecular weight is 470 g/mol. The van der Waals surface area contributed by atoms with Crippen molar-refractivity contribution in [2.45, 2.75) is 26.9 Å². The van der Waals surface area contributed by atoms with Crippen LogP contribution in [-0.4, -0.2) is 45.5 Å². The number of ether oxygens (including phenoxy) is 5. The number of esters is 2. The lowest BCUT2D eigenvalue weighted by Gasteiger charge is -2.13. The van der Waals surface area contributed by atoms with Gasteiger partial charge in [0, 0.05) is 6.07 Å². The van der Waals surface area contributed by atoms with Gasteiger partial charge in [-0.25, -0.2) is 9.59 Å². The zero-order valence-corrected chi connectivity index (χ0v) is 19.6. The molecule has 0 unspecified atom stereocenters. The molecule has 0 bridgehead atoms. The Morgan fingerprint density at radius 3 is 2.38 bits per heavy atom. The first kappa shape index (κ1) is 24.6. The van der Waals surface area contributed by atoms with Crippen molar-refractivity contribution in [3.63, 3.8) is 0 Å². The van der Waals surface area contributed by atoms with Gasteiger partial charge in [-0.05, 0) is 50.6 Å². The molecule has 0 saturated heterocycles. The van der Waals surface area contributed by atoms with Crippen LogP contribution in [-0.2, 0) is 14.3 Å². The van der Waals surface area contributed by atoms with Crippen LogP contribution in [0.25, 0.3) is 22.1 Å². The molecule has 0 atom stereocenters. The van der Waals surface area contributed by atoms with Crippen LogP contribution in [0.15, 0.2) is 45.6 Å². The molecule has 0 aliphatic carbocycles. The van der Waals surface area contributed by atoms with Crippen molar-refractivity contribution in [1.82, 2.24) is 0 Å². The maximum absolute atomic E-state index is 13.5. The molecular formula is C25H26O9. The quantitative estimate of drug-likeness (QED) is 0.429. The smallest absolute Gasteiger partial charge is 0.375 e. The lowest BCUT2D eigenvalue weighted by Crippen LogP contribution is -2.18. The Morgan fingerprint density at radius 1 is 1.00 bits per heavy atom. The summed E-state index contributed by atoms with van der Waals surface area (Å²) in [4.78, 5) is 37.9. The maximum Gasteiger partial charge on any atom is 0.375 e. The monoisotopic (exact) mass is 470 g/mol. The molecule has 0 aliphatic heterocycles. The third-order valence-electron chi connectivity index (χ3n) is 4.72. The van der Waals surface area contributed by atoms with Gasteiger partial charge in [-0.1, -0.05) is 6.07 Å². The molecule has 3 aromatic rings. The van der Waals surface area contributed by atoms with Crippen molar-refractivity contribution in [3.8, 4) is 28.4 Å². The van der Waals surface area contributed by atoms with Gasteiger partial charge >= 0.3 is 11.9 Å². The molecule has 0 saturated carbocycles. The van der Waals surface area contributed by atoms with E-state index < -0.39 is 17.4 Å². The van der Waals surface area contributed by atoms with E-state index in [1.54, 1.807) is 39.0 Å². The highest BCUT2D eigenvalue weighted by Gasteiger charge is 2.24. The van der Waals surface area contributed by atoms with Crippen molar-refractivity contribution >= 4 is 22.9 Å². The van der Waals surface area contributed by atoms with Crippen molar-refractivity contribution in [3.05, 3.63) is 52.4 Å². The number of carbonyl (C=O) groups excluding carboxylic acids is 2. The van der Waals surface area contributed by atoms with E-state index in [9.17, 15) is 14.4 Å². The van der Waals surface area contributed by atoms with Gasteiger partial charge in [0.25, 0.3) is 0 Å². The van der Waals surface area contributed by atoms with Crippen molar-refractivity contribution in [1.29, 1.82) is 0 Å². The van der Waals surface area contributed by atoms with E-state index in [4.69, 9.17) is 28.1 Å². The maximum atomic E-state index is 13.5. The van der Waals surface area contributed by atoms with E-state index in [2.05, 4.69) is 0 Å². The van der Waals surface area contributed by atoms with Gasteiger partial charge in [-0.3, -0.25) is 4.79 Å². The predicted octanol–water partition coefficient (Wildman–Crippen LogP) is 3.98. The van der Waals surface area contributed by atoms with Gasteiger partial charge in [-0.15, -0.1) is 0 Å². The van der Waals surface area contributed by atoms with Crippen LogP contribution >= 0.6 is 0 Å². The molecule has 0 N–H and O–H groups in total. The normalized spacial score (nSPS) is 10.8. The summed E-state index contributed by atoms with van der Waals surface area (Å²) >= 11 is 0. The molecule has 1 aromatic heterocycles. The zero-order chi connectivity index (χ0) is 24.8. The SMILES string of the molecule is CCOC(=O)c1oc2cc(OCC(=O)OC(C)C)ccc2c(=O)c1-c1ccc(OC)c(OC)c1. The average Bonchev–Trinajstić information content (AvgIpc) is 2.81. The third kappa shape index (κ3) is 5.31. The predicted molar refractivity (Wildman–Crippen MR) is 124 cm³/mol. The van der Waals surface area contributed by atoms with Gasteiger partial charge in [0.05, 0.1) is 37.9 Å². The van der Waals surface area contributed by atoms with E-state index in [0.717, 1.165) is 0 Å². The lowest BCUT2D eigenvalue weighted by molar-refractivity contribution is -0.149. The van der Waals surface area contributed by atoms with Crippen LogP contribution in [0.5, 0.6) is 17.2 Å². The van der Waals surface area contributed by atoms with Gasteiger partial charge in [-0.2, -0.15) is 0 Å². The van der Waals surface area contributed by atoms with E-state index in [1.165, 1.54) is 32.4 Å². The second-order valence-electron chi connectivity index (χ2n) is 7.41. The Morgan fingerprint density at radius 2 is 1.74 bits per heavy atom. The second kappa shape index (κ2) is 10.7. The van der Waals surface area contributed by atoms with E-state index in [-0.39, 0.29) is 47.4 Å². The number of carbonyl (C=O) groups is 2. The summed E-state index contributed by atoms with van der Waals surface area (Å²) in [5, 5.41) is 0.218. The molecule has 0 fully saturated rings. The molecule has 1 heterocycles. The van der Waals surface area contributed by atoms with Crippen molar-refractivity contribution < 1.29 is 37.7 Å². The number of methoxy groups -OCH3 is 2. The summed E-state index contributed by atoms with van der Waals surface area (Å²) in [6.45, 7) is 4.88. The Kier molecular flexibility index (Phi) is 7.78. The number of rotatable bonds is 9. The molecule has 3 rings (SSSR count). The van der Waals surface area contributed by atoms with Crippen LogP contribution in [0.1, 0.15) is 31.3 Å². The lowest BCUT2D eigenvalue weighted by atomic mass is 10.0. The van der Waals surface area contributed by atoms with Gasteiger partial charge in [0.1, 0.15) is 11.3 Å². The fourth-order valence-corrected chi connectivity index (χ4v) is 3.30. The molecule has 9 nitrogen and oxygen atoms in total. The topological polar surface area (TPSA) is 111 Å². The first-order valence-corrected chi connectivity index (χ1v) is 10.6. The third-order valence-corrected chi connectivity index (χ3v) is 4.72. The minimum atomic E-state index is -0.793. The van der Waals surface area contributed by atoms with Crippen LogP contribution in [0, 0.1) is 0 Å². The summed E-state index contributed by atoms with van der Waals surface area (Å²) in [6, 6.07) is 9.30. The van der Waals surface area contributed by atoms with Crippen LogP contribution in [0.3, 0.4) is 0 Å². The molecule has 2 aromatic carbocycles. The van der Waals surface area contributed by atoms with Crippen molar-refractivity contribution in [2.75, 3.05) is 27.4 Å². The Hall–Kier alpha value is -4.01. The Bertz CT molecular complexity index is 1260. The second-order valence-corrected chi connectivity index (χ2v) is 7.41. The zero-order valence-electron chi connectivity index (χ0n) is 19.6. The summed E-state index contributed by atoms with van der Waals surface area (Å²) in [5.74, 6) is -0.475. The Balaban J connectivity index is 2.11. The van der Waals surface area contributed by atoms with Crippen molar-refractivity contribution in [2.24, 2.45) is 0 Å². The molecule has 0 amide bonds. The van der Waals surface area contributed by atoms with Gasteiger partial charge in [0.2, 0.25) is 11.2 Å². The summed E-state index contributed by atoms with van der Waals surface area (Å²) in [5.41, 5.74) is 0.0866. The van der Waals surface area contributed by atoms with Crippen LogP contribution < -0.4 is 19.6 Å². The highest BCUT2D eigenvalue weighted by Crippen LogP contribution is 2.34. The van der Waals surface area contributed by atoms with Crippen LogP contribution in [0.2, 0.25) is 0 Å². The summed E-state index contributed by atoms with van der Waals surface area (Å²) in [7, 11) is 2.96. The summed E-state index contributed by atoms with van der Waals surface area (Å²) < 4.78 is 32.0. The van der Waals surface area contributed by atoms with Gasteiger partial charge < -0.3 is 28.1 Å². The van der Waals surface area contributed by atoms with E-state index >= 15 is 0 Å². The molecule has 0 radical (unpaired) electrons. The molecule has 34 heavy (non-hydrogen) atoms. The minimum Gasteiger partial charge on any atom is -0.493 e. The Labute approximate surface area is 196 Å². The molecule has 0 aliphatic rings. The van der Waals surface area contributed by atoms with Gasteiger partial charge in [0.15, 0.2) is 18.1 Å². The van der Waals surface area contributed by atoms with E-state index in [0.29, 0.717) is 17.1 Å².